The standard InChI is InChI=1S/C13H12ClNO/c1-9-5-4-8-15-12(9)13(16)10-6-2-3-7-11(10)14/h2-8,13,16H,1H3. The molecule has 0 aliphatic heterocycles. The number of rotatable bonds is 2. The first-order chi connectivity index (χ1) is 7.70. The van der Waals surface area contributed by atoms with Crippen LogP contribution in [0.5, 0.6) is 0 Å². The maximum absolute atomic E-state index is 10.2. The van der Waals surface area contributed by atoms with Crippen LogP contribution in [0, 0.1) is 6.92 Å². The third kappa shape index (κ3) is 2.08. The van der Waals surface area contributed by atoms with Crippen LogP contribution in [0.4, 0.5) is 0 Å². The first-order valence-corrected chi connectivity index (χ1v) is 5.42. The summed E-state index contributed by atoms with van der Waals surface area (Å²) in [6.45, 7) is 1.92. The van der Waals surface area contributed by atoms with Gasteiger partial charge in [-0.15, -0.1) is 0 Å². The molecule has 0 fully saturated rings. The van der Waals surface area contributed by atoms with Crippen molar-refractivity contribution in [3.8, 4) is 0 Å². The normalized spacial score (nSPS) is 12.4. The Morgan fingerprint density at radius 3 is 2.62 bits per heavy atom. The van der Waals surface area contributed by atoms with Gasteiger partial charge in [0, 0.05) is 16.8 Å². The molecule has 1 atom stereocenters. The van der Waals surface area contributed by atoms with Crippen LogP contribution in [0.3, 0.4) is 0 Å². The molecule has 82 valence electrons. The lowest BCUT2D eigenvalue weighted by Crippen LogP contribution is -2.04. The first kappa shape index (κ1) is 11.1. The first-order valence-electron chi connectivity index (χ1n) is 5.04. The van der Waals surface area contributed by atoms with E-state index in [9.17, 15) is 5.11 Å². The van der Waals surface area contributed by atoms with Gasteiger partial charge >= 0.3 is 0 Å². The fraction of sp³-hybridized carbons (Fsp3) is 0.154. The lowest BCUT2D eigenvalue weighted by Gasteiger charge is -2.13. The van der Waals surface area contributed by atoms with Crippen LogP contribution in [-0.2, 0) is 0 Å². The monoisotopic (exact) mass is 233 g/mol. The molecule has 0 saturated heterocycles. The second kappa shape index (κ2) is 4.64. The zero-order chi connectivity index (χ0) is 11.5. The average molecular weight is 234 g/mol. The highest BCUT2D eigenvalue weighted by Crippen LogP contribution is 2.28. The maximum atomic E-state index is 10.2. The molecule has 2 rings (SSSR count). The smallest absolute Gasteiger partial charge is 0.123 e. The van der Waals surface area contributed by atoms with Gasteiger partial charge in [0.1, 0.15) is 6.10 Å². The van der Waals surface area contributed by atoms with Crippen LogP contribution >= 0.6 is 11.6 Å². The fourth-order valence-corrected chi connectivity index (χ4v) is 1.87. The van der Waals surface area contributed by atoms with Crippen molar-refractivity contribution in [2.75, 3.05) is 0 Å². The average Bonchev–Trinajstić information content (AvgIpc) is 2.29. The van der Waals surface area contributed by atoms with E-state index in [0.29, 0.717) is 16.3 Å². The van der Waals surface area contributed by atoms with Crippen LogP contribution in [0.2, 0.25) is 5.02 Å². The van der Waals surface area contributed by atoms with E-state index >= 15 is 0 Å². The molecule has 0 aliphatic rings. The third-order valence-corrected chi connectivity index (χ3v) is 2.85. The van der Waals surface area contributed by atoms with Crippen LogP contribution in [-0.4, -0.2) is 10.1 Å². The van der Waals surface area contributed by atoms with Crippen molar-refractivity contribution in [1.29, 1.82) is 0 Å². The molecule has 0 amide bonds. The molecule has 0 saturated carbocycles. The van der Waals surface area contributed by atoms with Gasteiger partial charge < -0.3 is 5.11 Å². The number of hydrogen-bond donors (Lipinski definition) is 1. The second-order valence-corrected chi connectivity index (χ2v) is 4.04. The number of aryl methyl sites for hydroxylation is 1. The van der Waals surface area contributed by atoms with E-state index in [4.69, 9.17) is 11.6 Å². The zero-order valence-electron chi connectivity index (χ0n) is 8.89. The molecule has 1 aromatic carbocycles. The highest BCUT2D eigenvalue weighted by atomic mass is 35.5. The molecular weight excluding hydrogens is 222 g/mol. The third-order valence-electron chi connectivity index (χ3n) is 2.51. The summed E-state index contributed by atoms with van der Waals surface area (Å²) in [4.78, 5) is 4.19. The molecule has 3 heteroatoms. The van der Waals surface area contributed by atoms with Crippen LogP contribution in [0.15, 0.2) is 42.6 Å². The Kier molecular flexibility index (Phi) is 3.22. The molecule has 1 aromatic heterocycles. The van der Waals surface area contributed by atoms with Gasteiger partial charge in [-0.2, -0.15) is 0 Å². The predicted octanol–water partition coefficient (Wildman–Crippen LogP) is 3.13. The molecule has 1 N–H and O–H groups in total. The number of aromatic nitrogens is 1. The number of hydrogen-bond acceptors (Lipinski definition) is 2. The number of nitrogens with zero attached hydrogens (tertiary/aromatic N) is 1. The van der Waals surface area contributed by atoms with E-state index < -0.39 is 6.10 Å². The Hall–Kier alpha value is -1.38. The van der Waals surface area contributed by atoms with E-state index in [1.165, 1.54) is 0 Å². The molecule has 16 heavy (non-hydrogen) atoms. The summed E-state index contributed by atoms with van der Waals surface area (Å²) in [6.07, 6.45) is 0.900. The SMILES string of the molecule is Cc1cccnc1C(O)c1ccccc1Cl. The summed E-state index contributed by atoms with van der Waals surface area (Å²) in [5, 5.41) is 10.8. The quantitative estimate of drug-likeness (QED) is 0.865. The summed E-state index contributed by atoms with van der Waals surface area (Å²) in [5.41, 5.74) is 2.29. The Morgan fingerprint density at radius 1 is 1.19 bits per heavy atom. The van der Waals surface area contributed by atoms with Gasteiger partial charge in [0.15, 0.2) is 0 Å². The molecule has 0 aliphatic carbocycles. The highest BCUT2D eigenvalue weighted by molar-refractivity contribution is 6.31. The zero-order valence-corrected chi connectivity index (χ0v) is 9.65. The minimum atomic E-state index is -0.769. The number of aliphatic hydroxyl groups is 1. The van der Waals surface area contributed by atoms with Gasteiger partial charge in [0.05, 0.1) is 5.69 Å². The second-order valence-electron chi connectivity index (χ2n) is 3.63. The fourth-order valence-electron chi connectivity index (χ4n) is 1.63. The van der Waals surface area contributed by atoms with E-state index in [1.807, 2.05) is 31.2 Å². The van der Waals surface area contributed by atoms with Gasteiger partial charge in [0.2, 0.25) is 0 Å². The van der Waals surface area contributed by atoms with Crippen molar-refractivity contribution < 1.29 is 5.11 Å². The van der Waals surface area contributed by atoms with E-state index in [-0.39, 0.29) is 0 Å². The van der Waals surface area contributed by atoms with Crippen molar-refractivity contribution in [1.82, 2.24) is 4.98 Å². The van der Waals surface area contributed by atoms with E-state index in [1.54, 1.807) is 18.3 Å². The summed E-state index contributed by atoms with van der Waals surface area (Å²) in [5.74, 6) is 0. The Labute approximate surface area is 99.5 Å². The summed E-state index contributed by atoms with van der Waals surface area (Å²) in [7, 11) is 0. The molecule has 1 heterocycles. The molecule has 2 nitrogen and oxygen atoms in total. The summed E-state index contributed by atoms with van der Waals surface area (Å²) < 4.78 is 0. The summed E-state index contributed by atoms with van der Waals surface area (Å²) in [6, 6.07) is 11.0. The van der Waals surface area contributed by atoms with Crippen LogP contribution < -0.4 is 0 Å². The number of aliphatic hydroxyl groups excluding tert-OH is 1. The van der Waals surface area contributed by atoms with E-state index in [2.05, 4.69) is 4.98 Å². The van der Waals surface area contributed by atoms with Gasteiger partial charge in [-0.05, 0) is 24.6 Å². The molecule has 0 spiro atoms. The van der Waals surface area contributed by atoms with Crippen molar-refractivity contribution in [3.05, 3.63) is 64.4 Å². The van der Waals surface area contributed by atoms with E-state index in [0.717, 1.165) is 5.56 Å². The molecule has 0 bridgehead atoms. The minimum absolute atomic E-state index is 0.556. The lowest BCUT2D eigenvalue weighted by molar-refractivity contribution is 0.214. The molecular formula is C13H12ClNO. The van der Waals surface area contributed by atoms with Gasteiger partial charge in [-0.25, -0.2) is 0 Å². The van der Waals surface area contributed by atoms with Crippen LogP contribution in [0.25, 0.3) is 0 Å². The number of benzene rings is 1. The largest absolute Gasteiger partial charge is 0.382 e. The lowest BCUT2D eigenvalue weighted by atomic mass is 10.0. The Balaban J connectivity index is 2.44. The van der Waals surface area contributed by atoms with Gasteiger partial charge in [-0.3, -0.25) is 4.98 Å². The van der Waals surface area contributed by atoms with Crippen molar-refractivity contribution in [3.63, 3.8) is 0 Å². The maximum Gasteiger partial charge on any atom is 0.123 e. The van der Waals surface area contributed by atoms with Gasteiger partial charge in [-0.1, -0.05) is 35.9 Å². The Morgan fingerprint density at radius 2 is 1.94 bits per heavy atom. The summed E-state index contributed by atoms with van der Waals surface area (Å²) >= 11 is 6.03. The number of pyridine rings is 1. The topological polar surface area (TPSA) is 33.1 Å². The molecule has 0 radical (unpaired) electrons. The van der Waals surface area contributed by atoms with Crippen LogP contribution in [0.1, 0.15) is 22.9 Å². The Bertz CT molecular complexity index is 453. The predicted molar refractivity (Wildman–Crippen MR) is 64.5 cm³/mol. The van der Waals surface area contributed by atoms with Crippen molar-refractivity contribution in [2.24, 2.45) is 0 Å². The highest BCUT2D eigenvalue weighted by Gasteiger charge is 2.16. The van der Waals surface area contributed by atoms with Crippen molar-refractivity contribution in [2.45, 2.75) is 13.0 Å². The minimum Gasteiger partial charge on any atom is -0.382 e. The number of halogens is 1. The molecule has 2 aromatic rings. The molecule has 1 unspecified atom stereocenters. The van der Waals surface area contributed by atoms with Gasteiger partial charge in [0.25, 0.3) is 0 Å². The van der Waals surface area contributed by atoms with Crippen molar-refractivity contribution >= 4 is 11.6 Å².